The van der Waals surface area contributed by atoms with E-state index in [2.05, 4.69) is 15.4 Å². The van der Waals surface area contributed by atoms with E-state index >= 15 is 0 Å². The summed E-state index contributed by atoms with van der Waals surface area (Å²) in [6.45, 7) is 1.86. The highest BCUT2D eigenvalue weighted by molar-refractivity contribution is 6.15. The fourth-order valence-electron chi connectivity index (χ4n) is 3.65. The first-order valence-electron chi connectivity index (χ1n) is 10.1. The molecule has 1 aromatic carbocycles. The Morgan fingerprint density at radius 1 is 1.12 bits per heavy atom. The Hall–Kier alpha value is -4.09. The van der Waals surface area contributed by atoms with Crippen molar-refractivity contribution in [2.45, 2.75) is 19.1 Å². The molecule has 0 saturated carbocycles. The first-order chi connectivity index (χ1) is 16.1. The van der Waals surface area contributed by atoms with Crippen molar-refractivity contribution < 1.29 is 32.2 Å². The number of amides is 2. The van der Waals surface area contributed by atoms with Gasteiger partial charge in [0.15, 0.2) is 0 Å². The molecular formula is C22H20F3N5O4. The predicted octanol–water partition coefficient (Wildman–Crippen LogP) is 3.79. The lowest BCUT2D eigenvalue weighted by Gasteiger charge is -2.31. The van der Waals surface area contributed by atoms with Gasteiger partial charge in [-0.1, -0.05) is 0 Å². The summed E-state index contributed by atoms with van der Waals surface area (Å²) in [5.74, 6) is -1.26. The average molecular weight is 475 g/mol. The number of rotatable bonds is 5. The van der Waals surface area contributed by atoms with Crippen LogP contribution >= 0.6 is 0 Å². The van der Waals surface area contributed by atoms with Crippen molar-refractivity contribution in [3.63, 3.8) is 0 Å². The molecule has 9 nitrogen and oxygen atoms in total. The number of alkyl halides is 3. The number of carbonyl (C=O) groups is 2. The molecule has 1 aliphatic rings. The third kappa shape index (κ3) is 4.14. The van der Waals surface area contributed by atoms with Gasteiger partial charge in [-0.25, -0.2) is 0 Å². The number of methoxy groups -OCH3 is 2. The van der Waals surface area contributed by atoms with Crippen LogP contribution in [0.4, 0.5) is 24.7 Å². The van der Waals surface area contributed by atoms with Crippen LogP contribution in [0.5, 0.6) is 11.6 Å². The molecule has 0 radical (unpaired) electrons. The van der Waals surface area contributed by atoms with Gasteiger partial charge in [0.1, 0.15) is 22.8 Å². The smallest absolute Gasteiger partial charge is 0.421 e. The minimum Gasteiger partial charge on any atom is -0.497 e. The minimum absolute atomic E-state index is 0.00502. The maximum absolute atomic E-state index is 13.3. The Balaban J connectivity index is 1.66. The fourth-order valence-corrected chi connectivity index (χ4v) is 3.65. The van der Waals surface area contributed by atoms with Crippen molar-refractivity contribution in [3.05, 3.63) is 59.4 Å². The normalized spacial score (nSPS) is 15.6. The number of nitrogens with zero attached hydrogens (tertiary/aromatic N) is 4. The Bertz CT molecular complexity index is 1240. The summed E-state index contributed by atoms with van der Waals surface area (Å²) in [7, 11) is 2.59. The van der Waals surface area contributed by atoms with Crippen molar-refractivity contribution in [2.24, 2.45) is 0 Å². The molecule has 0 bridgehead atoms. The molecule has 34 heavy (non-hydrogen) atoms. The quantitative estimate of drug-likeness (QED) is 0.603. The second kappa shape index (κ2) is 8.69. The van der Waals surface area contributed by atoms with Crippen LogP contribution in [-0.4, -0.2) is 47.3 Å². The van der Waals surface area contributed by atoms with Gasteiger partial charge in [-0.05, 0) is 43.3 Å². The van der Waals surface area contributed by atoms with Gasteiger partial charge in [0, 0.05) is 12.2 Å². The Kier molecular flexibility index (Phi) is 5.90. The van der Waals surface area contributed by atoms with E-state index in [1.165, 1.54) is 22.9 Å². The number of fused-ring (bicyclic) bond motifs is 1. The molecule has 0 unspecified atom stereocenters. The van der Waals surface area contributed by atoms with Crippen LogP contribution in [0, 0.1) is 0 Å². The largest absolute Gasteiger partial charge is 0.497 e. The summed E-state index contributed by atoms with van der Waals surface area (Å²) in [5.41, 5.74) is -0.546. The molecular weight excluding hydrogens is 455 g/mol. The number of carbonyl (C=O) groups excluding carboxylic acids is 2. The Labute approximate surface area is 192 Å². The van der Waals surface area contributed by atoms with Crippen LogP contribution in [-0.2, 0) is 6.18 Å². The Morgan fingerprint density at radius 2 is 1.82 bits per heavy atom. The number of ether oxygens (including phenoxy) is 2. The lowest BCUT2D eigenvalue weighted by molar-refractivity contribution is -0.139. The maximum atomic E-state index is 13.3. The van der Waals surface area contributed by atoms with Gasteiger partial charge in [-0.15, -0.1) is 0 Å². The number of anilines is 2. The van der Waals surface area contributed by atoms with Crippen LogP contribution in [0.25, 0.3) is 0 Å². The maximum Gasteiger partial charge on any atom is 0.421 e. The number of benzene rings is 1. The monoisotopic (exact) mass is 475 g/mol. The summed E-state index contributed by atoms with van der Waals surface area (Å²) in [5, 5.41) is 6.88. The summed E-state index contributed by atoms with van der Waals surface area (Å²) < 4.78 is 50.9. The second-order valence-corrected chi connectivity index (χ2v) is 7.52. The van der Waals surface area contributed by atoms with Crippen molar-refractivity contribution >= 4 is 23.3 Å². The van der Waals surface area contributed by atoms with Gasteiger partial charge in [0.2, 0.25) is 5.88 Å². The van der Waals surface area contributed by atoms with E-state index in [1.54, 1.807) is 31.2 Å². The average Bonchev–Trinajstić information content (AvgIpc) is 3.27. The minimum atomic E-state index is -4.67. The lowest BCUT2D eigenvalue weighted by Crippen LogP contribution is -2.44. The van der Waals surface area contributed by atoms with E-state index in [4.69, 9.17) is 9.47 Å². The number of nitrogens with one attached hydrogen (secondary N) is 1. The van der Waals surface area contributed by atoms with Gasteiger partial charge in [-0.3, -0.25) is 19.2 Å². The first-order valence-corrected chi connectivity index (χ1v) is 10.1. The SMILES string of the molecule is COc1ccc(NC(=O)c2cnn3c2C(=O)N(c2ccc(C(F)(F)F)c(OC)n2)C[C@@H]3C)cc1. The van der Waals surface area contributed by atoms with E-state index in [0.29, 0.717) is 11.4 Å². The highest BCUT2D eigenvalue weighted by Crippen LogP contribution is 2.37. The van der Waals surface area contributed by atoms with Crippen LogP contribution < -0.4 is 19.7 Å². The van der Waals surface area contributed by atoms with E-state index in [-0.39, 0.29) is 29.7 Å². The molecule has 3 heterocycles. The number of hydrogen-bond donors (Lipinski definition) is 1. The zero-order valence-corrected chi connectivity index (χ0v) is 18.4. The molecule has 0 spiro atoms. The van der Waals surface area contributed by atoms with Crippen molar-refractivity contribution in [1.82, 2.24) is 14.8 Å². The van der Waals surface area contributed by atoms with Gasteiger partial charge < -0.3 is 14.8 Å². The molecule has 0 saturated heterocycles. The molecule has 0 aliphatic carbocycles. The lowest BCUT2D eigenvalue weighted by atomic mass is 10.1. The molecule has 1 aliphatic heterocycles. The second-order valence-electron chi connectivity index (χ2n) is 7.52. The topological polar surface area (TPSA) is 98.6 Å². The predicted molar refractivity (Wildman–Crippen MR) is 115 cm³/mol. The molecule has 178 valence electrons. The van der Waals surface area contributed by atoms with Gasteiger partial charge in [0.25, 0.3) is 11.8 Å². The van der Waals surface area contributed by atoms with E-state index in [0.717, 1.165) is 19.2 Å². The zero-order valence-electron chi connectivity index (χ0n) is 18.4. The van der Waals surface area contributed by atoms with Crippen LogP contribution in [0.3, 0.4) is 0 Å². The first kappa shape index (κ1) is 23.1. The number of pyridine rings is 1. The van der Waals surface area contributed by atoms with Crippen LogP contribution in [0.15, 0.2) is 42.6 Å². The summed E-state index contributed by atoms with van der Waals surface area (Å²) in [4.78, 5) is 31.4. The van der Waals surface area contributed by atoms with Gasteiger partial charge in [-0.2, -0.15) is 23.3 Å². The number of aromatic nitrogens is 3. The third-order valence-corrected chi connectivity index (χ3v) is 5.32. The highest BCUT2D eigenvalue weighted by Gasteiger charge is 2.38. The van der Waals surface area contributed by atoms with Crippen molar-refractivity contribution in [3.8, 4) is 11.6 Å². The molecule has 3 aromatic rings. The van der Waals surface area contributed by atoms with E-state index < -0.39 is 29.4 Å². The zero-order chi connectivity index (χ0) is 24.6. The van der Waals surface area contributed by atoms with Gasteiger partial charge in [0.05, 0.1) is 32.0 Å². The Morgan fingerprint density at radius 3 is 2.44 bits per heavy atom. The van der Waals surface area contributed by atoms with E-state index in [1.807, 2.05) is 0 Å². The molecule has 2 aromatic heterocycles. The summed E-state index contributed by atoms with van der Waals surface area (Å²) in [6.07, 6.45) is -3.38. The van der Waals surface area contributed by atoms with Crippen molar-refractivity contribution in [1.29, 1.82) is 0 Å². The fraction of sp³-hybridized carbons (Fsp3) is 0.273. The standard InChI is InChI=1S/C22H20F3N5O4/c1-12-11-29(17-9-8-16(22(23,24)25)20(28-17)34-3)21(32)18-15(10-26-30(12)18)19(31)27-13-4-6-14(33-2)7-5-13/h4-10,12H,11H2,1-3H3,(H,27,31)/t12-/m0/s1. The molecule has 12 heteroatoms. The third-order valence-electron chi connectivity index (χ3n) is 5.32. The van der Waals surface area contributed by atoms with Crippen molar-refractivity contribution in [2.75, 3.05) is 31.0 Å². The number of hydrogen-bond acceptors (Lipinski definition) is 6. The molecule has 1 atom stereocenters. The highest BCUT2D eigenvalue weighted by atomic mass is 19.4. The molecule has 4 rings (SSSR count). The summed E-state index contributed by atoms with van der Waals surface area (Å²) >= 11 is 0. The molecule has 2 amide bonds. The number of halogens is 3. The van der Waals surface area contributed by atoms with Crippen LogP contribution in [0.1, 0.15) is 39.4 Å². The molecule has 0 fully saturated rings. The van der Waals surface area contributed by atoms with Gasteiger partial charge >= 0.3 is 6.18 Å². The van der Waals surface area contributed by atoms with E-state index in [9.17, 15) is 22.8 Å². The summed E-state index contributed by atoms with van der Waals surface area (Å²) in [6, 6.07) is 8.15. The molecule has 1 N–H and O–H groups in total. The van der Waals surface area contributed by atoms with Crippen LogP contribution in [0.2, 0.25) is 0 Å².